The van der Waals surface area contributed by atoms with Crippen molar-refractivity contribution in [1.29, 1.82) is 0 Å². The van der Waals surface area contributed by atoms with Gasteiger partial charge in [0, 0.05) is 24.7 Å². The van der Waals surface area contributed by atoms with Crippen LogP contribution in [-0.4, -0.2) is 31.0 Å². The third-order valence-electron chi connectivity index (χ3n) is 3.49. The molecule has 0 aliphatic heterocycles. The number of halogens is 1. The van der Waals surface area contributed by atoms with Crippen LogP contribution in [0.4, 0.5) is 0 Å². The third-order valence-corrected chi connectivity index (χ3v) is 3.49. The Morgan fingerprint density at radius 3 is 2.58 bits per heavy atom. The first kappa shape index (κ1) is 22.7. The van der Waals surface area contributed by atoms with Crippen LogP contribution in [0.15, 0.2) is 29.3 Å². The normalized spacial score (nSPS) is 12.1. The van der Waals surface area contributed by atoms with E-state index >= 15 is 0 Å². The van der Waals surface area contributed by atoms with Gasteiger partial charge in [-0.05, 0) is 44.4 Å². The van der Waals surface area contributed by atoms with Crippen molar-refractivity contribution in [2.75, 3.05) is 13.1 Å². The average Bonchev–Trinajstić information content (AvgIpc) is 2.57. The summed E-state index contributed by atoms with van der Waals surface area (Å²) in [5.74, 6) is 0.782. The van der Waals surface area contributed by atoms with Crippen molar-refractivity contribution < 1.29 is 4.79 Å². The molecule has 6 heteroatoms. The number of benzene rings is 1. The Bertz CT molecular complexity index is 519. The summed E-state index contributed by atoms with van der Waals surface area (Å²) in [4.78, 5) is 16.7. The molecule has 0 bridgehead atoms. The lowest BCUT2D eigenvalue weighted by Gasteiger charge is -2.12. The van der Waals surface area contributed by atoms with Gasteiger partial charge in [0.2, 0.25) is 0 Å². The molecular weight excluding hydrogens is 415 g/mol. The van der Waals surface area contributed by atoms with E-state index in [1.807, 2.05) is 38.1 Å². The second-order valence-corrected chi connectivity index (χ2v) is 5.61. The number of carbonyl (C=O) groups excluding carboxylic acids is 1. The van der Waals surface area contributed by atoms with Crippen molar-refractivity contribution in [3.63, 3.8) is 0 Å². The summed E-state index contributed by atoms with van der Waals surface area (Å²) in [6, 6.07) is 7.83. The van der Waals surface area contributed by atoms with Gasteiger partial charge in [-0.1, -0.05) is 26.0 Å². The molecule has 0 aliphatic rings. The van der Waals surface area contributed by atoms with E-state index in [0.29, 0.717) is 12.1 Å². The maximum Gasteiger partial charge on any atom is 0.251 e. The van der Waals surface area contributed by atoms with Gasteiger partial charge < -0.3 is 16.0 Å². The van der Waals surface area contributed by atoms with E-state index < -0.39 is 0 Å². The largest absolute Gasteiger partial charge is 0.357 e. The molecule has 0 radical (unpaired) electrons. The first-order valence-corrected chi connectivity index (χ1v) is 8.52. The molecule has 1 rings (SSSR count). The monoisotopic (exact) mass is 446 g/mol. The zero-order valence-corrected chi connectivity index (χ0v) is 17.5. The van der Waals surface area contributed by atoms with E-state index in [2.05, 4.69) is 34.8 Å². The molecule has 3 N–H and O–H groups in total. The molecule has 0 saturated heterocycles. The summed E-state index contributed by atoms with van der Waals surface area (Å²) in [5.41, 5.74) is 1.71. The smallest absolute Gasteiger partial charge is 0.251 e. The fraction of sp³-hybridized carbons (Fsp3) is 0.556. The molecule has 0 saturated carbocycles. The molecule has 1 atom stereocenters. The van der Waals surface area contributed by atoms with Crippen LogP contribution < -0.4 is 16.0 Å². The maximum absolute atomic E-state index is 12.2. The fourth-order valence-electron chi connectivity index (χ4n) is 1.98. The molecular formula is C18H31IN4O. The number of rotatable bonds is 8. The number of carbonyl (C=O) groups is 1. The highest BCUT2D eigenvalue weighted by Gasteiger charge is 2.08. The number of amides is 1. The number of nitrogens with one attached hydrogen (secondary N) is 3. The highest BCUT2D eigenvalue weighted by atomic mass is 127. The second-order valence-electron chi connectivity index (χ2n) is 5.61. The summed E-state index contributed by atoms with van der Waals surface area (Å²) in [5, 5.41) is 9.48. The van der Waals surface area contributed by atoms with Crippen molar-refractivity contribution in [2.45, 2.75) is 53.1 Å². The van der Waals surface area contributed by atoms with Crippen LogP contribution in [0.3, 0.4) is 0 Å². The quantitative estimate of drug-likeness (QED) is 0.326. The molecule has 24 heavy (non-hydrogen) atoms. The molecule has 1 aromatic rings. The number of nitrogens with zero attached hydrogens (tertiary/aromatic N) is 1. The molecule has 0 fully saturated rings. The van der Waals surface area contributed by atoms with Gasteiger partial charge in [0.15, 0.2) is 5.96 Å². The predicted octanol–water partition coefficient (Wildman–Crippen LogP) is 3.30. The van der Waals surface area contributed by atoms with Crippen LogP contribution in [0.5, 0.6) is 0 Å². The standard InChI is InChI=1S/C18H30N4O.HI/c1-5-11-20-18(19-7-3)21-13-15-9-8-10-16(12-15)17(23)22-14(4)6-2;/h8-10,12,14H,5-7,11,13H2,1-4H3,(H,22,23)(H2,19,20,21);1H. The Morgan fingerprint density at radius 1 is 1.21 bits per heavy atom. The topological polar surface area (TPSA) is 65.5 Å². The van der Waals surface area contributed by atoms with Crippen LogP contribution >= 0.6 is 24.0 Å². The molecule has 0 aromatic heterocycles. The van der Waals surface area contributed by atoms with Gasteiger partial charge in [-0.2, -0.15) is 0 Å². The van der Waals surface area contributed by atoms with Gasteiger partial charge in [0.25, 0.3) is 5.91 Å². The van der Waals surface area contributed by atoms with Crippen molar-refractivity contribution in [3.8, 4) is 0 Å². The van der Waals surface area contributed by atoms with Gasteiger partial charge in [-0.3, -0.25) is 4.79 Å². The Kier molecular flexibility index (Phi) is 12.3. The molecule has 0 spiro atoms. The van der Waals surface area contributed by atoms with Gasteiger partial charge in [-0.25, -0.2) is 4.99 Å². The van der Waals surface area contributed by atoms with Crippen LogP contribution in [0.25, 0.3) is 0 Å². The molecule has 1 unspecified atom stereocenters. The average molecular weight is 446 g/mol. The minimum absolute atomic E-state index is 0. The van der Waals surface area contributed by atoms with Gasteiger partial charge in [-0.15, -0.1) is 24.0 Å². The van der Waals surface area contributed by atoms with Crippen molar-refractivity contribution in [1.82, 2.24) is 16.0 Å². The number of guanidine groups is 1. The lowest BCUT2D eigenvalue weighted by molar-refractivity contribution is 0.0939. The summed E-state index contributed by atoms with van der Waals surface area (Å²) < 4.78 is 0. The van der Waals surface area contributed by atoms with E-state index in [-0.39, 0.29) is 35.9 Å². The van der Waals surface area contributed by atoms with Crippen LogP contribution in [0.2, 0.25) is 0 Å². The van der Waals surface area contributed by atoms with E-state index in [0.717, 1.165) is 37.5 Å². The summed E-state index contributed by atoms with van der Waals surface area (Å²) in [6.07, 6.45) is 1.97. The predicted molar refractivity (Wildman–Crippen MR) is 112 cm³/mol. The van der Waals surface area contributed by atoms with Gasteiger partial charge in [0.1, 0.15) is 0 Å². The zero-order valence-electron chi connectivity index (χ0n) is 15.2. The summed E-state index contributed by atoms with van der Waals surface area (Å²) >= 11 is 0. The first-order valence-electron chi connectivity index (χ1n) is 8.52. The number of hydrogen-bond acceptors (Lipinski definition) is 2. The molecule has 1 aromatic carbocycles. The minimum atomic E-state index is -0.0267. The molecule has 1 amide bonds. The number of hydrogen-bond donors (Lipinski definition) is 3. The van der Waals surface area contributed by atoms with Crippen molar-refractivity contribution in [3.05, 3.63) is 35.4 Å². The fourth-order valence-corrected chi connectivity index (χ4v) is 1.98. The Labute approximate surface area is 163 Å². The Hall–Kier alpha value is -1.31. The number of aliphatic imine (C=N–C) groups is 1. The van der Waals surface area contributed by atoms with Gasteiger partial charge in [0.05, 0.1) is 6.54 Å². The molecule has 5 nitrogen and oxygen atoms in total. The van der Waals surface area contributed by atoms with Crippen molar-refractivity contribution in [2.24, 2.45) is 4.99 Å². The van der Waals surface area contributed by atoms with E-state index in [1.54, 1.807) is 0 Å². The SMILES string of the molecule is CCCNC(=NCc1cccc(C(=O)NC(C)CC)c1)NCC.I. The molecule has 0 aliphatic carbocycles. The van der Waals surface area contributed by atoms with E-state index in [1.165, 1.54) is 0 Å². The van der Waals surface area contributed by atoms with E-state index in [9.17, 15) is 4.79 Å². The maximum atomic E-state index is 12.2. The Morgan fingerprint density at radius 2 is 1.96 bits per heavy atom. The summed E-state index contributed by atoms with van der Waals surface area (Å²) in [6.45, 7) is 10.5. The zero-order chi connectivity index (χ0) is 17.1. The first-order chi connectivity index (χ1) is 11.1. The van der Waals surface area contributed by atoms with Crippen LogP contribution in [-0.2, 0) is 6.54 Å². The van der Waals surface area contributed by atoms with E-state index in [4.69, 9.17) is 0 Å². The lowest BCUT2D eigenvalue weighted by Crippen LogP contribution is -2.37. The molecule has 136 valence electrons. The van der Waals surface area contributed by atoms with Crippen molar-refractivity contribution >= 4 is 35.8 Å². The summed E-state index contributed by atoms with van der Waals surface area (Å²) in [7, 11) is 0. The minimum Gasteiger partial charge on any atom is -0.357 e. The Balaban J connectivity index is 0.00000529. The van der Waals surface area contributed by atoms with Gasteiger partial charge >= 0.3 is 0 Å². The third kappa shape index (κ3) is 8.52. The lowest BCUT2D eigenvalue weighted by atomic mass is 10.1. The molecule has 0 heterocycles. The highest BCUT2D eigenvalue weighted by molar-refractivity contribution is 14.0. The van der Waals surface area contributed by atoms with Crippen LogP contribution in [0, 0.1) is 0 Å². The highest BCUT2D eigenvalue weighted by Crippen LogP contribution is 2.07. The van der Waals surface area contributed by atoms with Crippen LogP contribution in [0.1, 0.15) is 56.5 Å². The second kappa shape index (κ2) is 13.0.